The largest absolute Gasteiger partial charge is 0.462 e. The predicted octanol–water partition coefficient (Wildman–Crippen LogP) is 0.988. The number of hydrogen-bond donors (Lipinski definition) is 3. The number of aliphatic hydroxyl groups excluding tert-OH is 1. The van der Waals surface area contributed by atoms with Gasteiger partial charge in [-0.3, -0.25) is 14.5 Å². The summed E-state index contributed by atoms with van der Waals surface area (Å²) in [5.41, 5.74) is 0.710. The molecule has 1 fully saturated rings. The first kappa shape index (κ1) is 20.3. The molecule has 9 heteroatoms. The third-order valence-corrected chi connectivity index (χ3v) is 5.44. The molecule has 1 saturated heterocycles. The molecule has 2 amide bonds. The number of piperidine rings is 1. The van der Waals surface area contributed by atoms with Crippen LogP contribution in [0.3, 0.4) is 0 Å². The summed E-state index contributed by atoms with van der Waals surface area (Å²) in [4.78, 5) is 39.0. The van der Waals surface area contributed by atoms with Gasteiger partial charge in [0.15, 0.2) is 0 Å². The molecule has 2 rings (SSSR count). The maximum atomic E-state index is 12.4. The smallest absolute Gasteiger partial charge is 0.341 e. The molecular weight excluding hydrogens is 358 g/mol. The van der Waals surface area contributed by atoms with Crippen LogP contribution in [-0.4, -0.2) is 67.2 Å². The van der Waals surface area contributed by atoms with Crippen LogP contribution in [-0.2, 0) is 9.53 Å². The Bertz CT molecular complexity index is 680. The number of amides is 2. The van der Waals surface area contributed by atoms with Crippen LogP contribution in [0.1, 0.15) is 45.4 Å². The summed E-state index contributed by atoms with van der Waals surface area (Å²) in [6, 6.07) is 0. The fourth-order valence-electron chi connectivity index (χ4n) is 2.83. The van der Waals surface area contributed by atoms with E-state index in [2.05, 4.69) is 10.6 Å². The molecule has 2 heterocycles. The Balaban J connectivity index is 2.17. The molecule has 1 aliphatic rings. The zero-order chi connectivity index (χ0) is 19.3. The number of carbonyl (C=O) groups excluding carboxylic acids is 3. The highest BCUT2D eigenvalue weighted by molar-refractivity contribution is 7.18. The summed E-state index contributed by atoms with van der Waals surface area (Å²) >= 11 is 1.06. The van der Waals surface area contributed by atoms with E-state index >= 15 is 0 Å². The minimum atomic E-state index is -0.562. The van der Waals surface area contributed by atoms with Crippen LogP contribution < -0.4 is 10.6 Å². The van der Waals surface area contributed by atoms with Crippen molar-refractivity contribution in [2.24, 2.45) is 0 Å². The molecule has 0 unspecified atom stereocenters. The lowest BCUT2D eigenvalue weighted by Crippen LogP contribution is -2.40. The van der Waals surface area contributed by atoms with Gasteiger partial charge in [-0.2, -0.15) is 0 Å². The van der Waals surface area contributed by atoms with Crippen LogP contribution >= 0.6 is 11.3 Å². The van der Waals surface area contributed by atoms with Gasteiger partial charge in [-0.05, 0) is 32.3 Å². The number of rotatable bonds is 6. The molecule has 0 atom stereocenters. The Morgan fingerprint density at radius 2 is 1.96 bits per heavy atom. The Kier molecular flexibility index (Phi) is 7.13. The number of esters is 1. The van der Waals surface area contributed by atoms with Crippen molar-refractivity contribution < 1.29 is 24.2 Å². The molecule has 144 valence electrons. The average Bonchev–Trinajstić information content (AvgIpc) is 2.92. The fraction of sp³-hybridized carbons (Fsp3) is 0.588. The average molecular weight is 383 g/mol. The standard InChI is InChI=1S/C17H25N3O5S/c1-4-25-17(24)13-10(2)14(15(23)18-3)26-16(13)19-12(22)9-20-7-5-11(21)6-8-20/h11,21H,4-9H2,1-3H3,(H,18,23)(H,19,22). The number of likely N-dealkylation sites (tertiary alicyclic amines) is 1. The third kappa shape index (κ3) is 4.80. The van der Waals surface area contributed by atoms with Gasteiger partial charge in [0, 0.05) is 20.1 Å². The number of nitrogens with zero attached hydrogens (tertiary/aromatic N) is 1. The highest BCUT2D eigenvalue weighted by Crippen LogP contribution is 2.33. The minimum Gasteiger partial charge on any atom is -0.462 e. The van der Waals surface area contributed by atoms with Crippen LogP contribution in [0.15, 0.2) is 0 Å². The molecule has 1 aliphatic heterocycles. The van der Waals surface area contributed by atoms with Gasteiger partial charge in [0.2, 0.25) is 5.91 Å². The van der Waals surface area contributed by atoms with Gasteiger partial charge >= 0.3 is 5.97 Å². The summed E-state index contributed by atoms with van der Waals surface area (Å²) < 4.78 is 5.07. The summed E-state index contributed by atoms with van der Waals surface area (Å²) in [6.07, 6.45) is 0.973. The molecule has 3 N–H and O–H groups in total. The first-order valence-corrected chi connectivity index (χ1v) is 9.41. The topological polar surface area (TPSA) is 108 Å². The number of anilines is 1. The Morgan fingerprint density at radius 3 is 2.54 bits per heavy atom. The summed E-state index contributed by atoms with van der Waals surface area (Å²) in [5, 5.41) is 15.1. The molecule has 0 saturated carbocycles. The lowest BCUT2D eigenvalue weighted by atomic mass is 10.1. The van der Waals surface area contributed by atoms with Crippen molar-refractivity contribution in [3.8, 4) is 0 Å². The molecule has 1 aromatic heterocycles. The summed E-state index contributed by atoms with van der Waals surface area (Å²) in [5.74, 6) is -1.15. The lowest BCUT2D eigenvalue weighted by molar-refractivity contribution is -0.117. The zero-order valence-corrected chi connectivity index (χ0v) is 16.1. The summed E-state index contributed by atoms with van der Waals surface area (Å²) in [6.45, 7) is 5.02. The first-order chi connectivity index (χ1) is 12.4. The lowest BCUT2D eigenvalue weighted by Gasteiger charge is -2.28. The molecule has 0 aliphatic carbocycles. The zero-order valence-electron chi connectivity index (χ0n) is 15.3. The highest BCUT2D eigenvalue weighted by Gasteiger charge is 2.27. The third-order valence-electron chi connectivity index (χ3n) is 4.24. The monoisotopic (exact) mass is 383 g/mol. The van der Waals surface area contributed by atoms with Crippen LogP contribution in [0.4, 0.5) is 5.00 Å². The van der Waals surface area contributed by atoms with E-state index in [9.17, 15) is 19.5 Å². The van der Waals surface area contributed by atoms with Crippen LogP contribution in [0.5, 0.6) is 0 Å². The fourth-order valence-corrected chi connectivity index (χ4v) is 3.98. The minimum absolute atomic E-state index is 0.168. The van der Waals surface area contributed by atoms with Crippen molar-refractivity contribution in [1.82, 2.24) is 10.2 Å². The van der Waals surface area contributed by atoms with E-state index in [4.69, 9.17) is 4.74 Å². The molecular formula is C17H25N3O5S. The molecule has 26 heavy (non-hydrogen) atoms. The number of hydrogen-bond acceptors (Lipinski definition) is 7. The quantitative estimate of drug-likeness (QED) is 0.632. The number of nitrogens with one attached hydrogen (secondary N) is 2. The van der Waals surface area contributed by atoms with Gasteiger partial charge in [0.25, 0.3) is 5.91 Å². The molecule has 0 aromatic carbocycles. The van der Waals surface area contributed by atoms with Crippen LogP contribution in [0.25, 0.3) is 0 Å². The van der Waals surface area contributed by atoms with E-state index in [1.807, 2.05) is 4.90 Å². The second kappa shape index (κ2) is 9.11. The van der Waals surface area contributed by atoms with Gasteiger partial charge in [-0.15, -0.1) is 11.3 Å². The number of thiophene rings is 1. The normalized spacial score (nSPS) is 15.5. The Hall–Kier alpha value is -1.97. The predicted molar refractivity (Wildman–Crippen MR) is 98.7 cm³/mol. The SMILES string of the molecule is CCOC(=O)c1c(NC(=O)CN2CCC(O)CC2)sc(C(=O)NC)c1C. The Labute approximate surface area is 156 Å². The summed E-state index contributed by atoms with van der Waals surface area (Å²) in [7, 11) is 1.51. The van der Waals surface area contributed by atoms with Crippen molar-refractivity contribution in [3.05, 3.63) is 16.0 Å². The Morgan fingerprint density at radius 1 is 1.31 bits per heavy atom. The maximum Gasteiger partial charge on any atom is 0.341 e. The van der Waals surface area contributed by atoms with Crippen LogP contribution in [0.2, 0.25) is 0 Å². The highest BCUT2D eigenvalue weighted by atomic mass is 32.1. The van der Waals surface area contributed by atoms with Crippen LogP contribution in [0, 0.1) is 6.92 Å². The van der Waals surface area contributed by atoms with E-state index in [1.54, 1.807) is 13.8 Å². The number of aliphatic hydroxyl groups is 1. The van der Waals surface area contributed by atoms with E-state index in [-0.39, 0.29) is 36.6 Å². The van der Waals surface area contributed by atoms with Crippen molar-refractivity contribution in [2.75, 3.05) is 38.6 Å². The number of ether oxygens (including phenoxy) is 1. The molecule has 1 aromatic rings. The molecule has 0 spiro atoms. The van der Waals surface area contributed by atoms with Crippen molar-refractivity contribution in [1.29, 1.82) is 0 Å². The van der Waals surface area contributed by atoms with Gasteiger partial charge in [-0.1, -0.05) is 0 Å². The van der Waals surface area contributed by atoms with E-state index in [1.165, 1.54) is 7.05 Å². The molecule has 0 bridgehead atoms. The van der Waals surface area contributed by atoms with Gasteiger partial charge in [-0.25, -0.2) is 4.79 Å². The molecule has 0 radical (unpaired) electrons. The van der Waals surface area contributed by atoms with Crippen molar-refractivity contribution in [2.45, 2.75) is 32.8 Å². The van der Waals surface area contributed by atoms with Gasteiger partial charge in [0.1, 0.15) is 5.00 Å². The van der Waals surface area contributed by atoms with Gasteiger partial charge in [0.05, 0.1) is 29.7 Å². The van der Waals surface area contributed by atoms with Gasteiger partial charge < -0.3 is 20.5 Å². The van der Waals surface area contributed by atoms with E-state index in [0.29, 0.717) is 41.4 Å². The van der Waals surface area contributed by atoms with Crippen molar-refractivity contribution in [3.63, 3.8) is 0 Å². The number of carbonyl (C=O) groups is 3. The van der Waals surface area contributed by atoms with Crippen molar-refractivity contribution >= 4 is 34.1 Å². The second-order valence-corrected chi connectivity index (χ2v) is 7.14. The first-order valence-electron chi connectivity index (χ1n) is 8.60. The van der Waals surface area contributed by atoms with E-state index < -0.39 is 5.97 Å². The molecule has 8 nitrogen and oxygen atoms in total. The second-order valence-electron chi connectivity index (χ2n) is 6.12. The maximum absolute atomic E-state index is 12.4. The van der Waals surface area contributed by atoms with E-state index in [0.717, 1.165) is 11.3 Å².